The van der Waals surface area contributed by atoms with Gasteiger partial charge in [0.05, 0.1) is 19.1 Å². The first-order valence-electron chi connectivity index (χ1n) is 8.79. The van der Waals surface area contributed by atoms with E-state index < -0.39 is 5.60 Å². The zero-order valence-corrected chi connectivity index (χ0v) is 16.5. The van der Waals surface area contributed by atoms with Crippen LogP contribution in [0.3, 0.4) is 0 Å². The third kappa shape index (κ3) is 5.09. The Morgan fingerprint density at radius 2 is 1.92 bits per heavy atom. The van der Waals surface area contributed by atoms with E-state index in [9.17, 15) is 9.59 Å². The van der Waals surface area contributed by atoms with Crippen molar-refractivity contribution in [1.29, 1.82) is 0 Å². The molecule has 0 atom stereocenters. The van der Waals surface area contributed by atoms with Gasteiger partial charge in [0, 0.05) is 25.8 Å². The van der Waals surface area contributed by atoms with Crippen molar-refractivity contribution < 1.29 is 19.1 Å². The molecule has 1 fully saturated rings. The van der Waals surface area contributed by atoms with Gasteiger partial charge in [0.1, 0.15) is 11.4 Å². The Morgan fingerprint density at radius 1 is 1.23 bits per heavy atom. The number of esters is 1. The molecular formula is C19H29N3O4. The molecule has 0 saturated carbocycles. The number of anilines is 1. The summed E-state index contributed by atoms with van der Waals surface area (Å²) in [4.78, 5) is 32.2. The molecule has 0 unspecified atom stereocenters. The quantitative estimate of drug-likeness (QED) is 0.769. The van der Waals surface area contributed by atoms with Gasteiger partial charge in [-0.1, -0.05) is 6.07 Å². The number of nitrogens with zero attached hydrogens (tertiary/aromatic N) is 3. The van der Waals surface area contributed by atoms with Crippen LogP contribution < -0.4 is 4.90 Å². The normalized spacial score (nSPS) is 17.0. The first-order chi connectivity index (χ1) is 12.0. The molecule has 0 radical (unpaired) electrons. The van der Waals surface area contributed by atoms with Crippen molar-refractivity contribution in [3.8, 4) is 0 Å². The molecule has 7 heteroatoms. The van der Waals surface area contributed by atoms with E-state index in [0.29, 0.717) is 19.6 Å². The summed E-state index contributed by atoms with van der Waals surface area (Å²) < 4.78 is 10.2. The van der Waals surface area contributed by atoms with E-state index in [1.54, 1.807) is 11.1 Å². The third-order valence-electron chi connectivity index (χ3n) is 4.23. The Morgan fingerprint density at radius 3 is 2.42 bits per heavy atom. The minimum absolute atomic E-state index is 0.210. The standard InChI is InChI=1S/C19H29N3O4/c1-18(2,3)26-17(24)22-10-9-21(13-19(22,4)5)15-8-7-14(12-20-15)11-16(23)25-6/h7-8,12H,9-11,13H2,1-6H3. The van der Waals surface area contributed by atoms with Crippen LogP contribution in [0, 0.1) is 0 Å². The number of carbonyl (C=O) groups excluding carboxylic acids is 2. The van der Waals surface area contributed by atoms with Gasteiger partial charge < -0.3 is 14.4 Å². The molecule has 7 nitrogen and oxygen atoms in total. The van der Waals surface area contributed by atoms with Crippen LogP contribution in [-0.2, 0) is 20.7 Å². The number of carbonyl (C=O) groups is 2. The second-order valence-electron chi connectivity index (χ2n) is 8.14. The second-order valence-corrected chi connectivity index (χ2v) is 8.14. The molecule has 26 heavy (non-hydrogen) atoms. The molecule has 2 heterocycles. The number of rotatable bonds is 3. The zero-order chi connectivity index (χ0) is 19.5. The van der Waals surface area contributed by atoms with Crippen molar-refractivity contribution in [2.75, 3.05) is 31.6 Å². The molecule has 1 aliphatic heterocycles. The smallest absolute Gasteiger partial charge is 0.410 e. The highest BCUT2D eigenvalue weighted by atomic mass is 16.6. The summed E-state index contributed by atoms with van der Waals surface area (Å²) in [7, 11) is 1.37. The summed E-state index contributed by atoms with van der Waals surface area (Å²) in [5, 5.41) is 0. The molecule has 1 aromatic heterocycles. The molecular weight excluding hydrogens is 334 g/mol. The van der Waals surface area contributed by atoms with Crippen molar-refractivity contribution in [3.05, 3.63) is 23.9 Å². The maximum absolute atomic E-state index is 12.5. The summed E-state index contributed by atoms with van der Waals surface area (Å²) >= 11 is 0. The van der Waals surface area contributed by atoms with Crippen molar-refractivity contribution in [3.63, 3.8) is 0 Å². The predicted octanol–water partition coefficient (Wildman–Crippen LogP) is 2.63. The molecule has 0 aromatic carbocycles. The van der Waals surface area contributed by atoms with Crippen LogP contribution in [0.2, 0.25) is 0 Å². The lowest BCUT2D eigenvalue weighted by Gasteiger charge is -2.47. The van der Waals surface area contributed by atoms with Gasteiger partial charge in [0.25, 0.3) is 0 Å². The van der Waals surface area contributed by atoms with Crippen molar-refractivity contribution in [2.24, 2.45) is 0 Å². The number of amides is 1. The van der Waals surface area contributed by atoms with Crippen LogP contribution in [0.25, 0.3) is 0 Å². The molecule has 0 spiro atoms. The Hall–Kier alpha value is -2.31. The third-order valence-corrected chi connectivity index (χ3v) is 4.23. The number of pyridine rings is 1. The summed E-state index contributed by atoms with van der Waals surface area (Å²) in [6.07, 6.45) is 1.62. The van der Waals surface area contributed by atoms with Gasteiger partial charge >= 0.3 is 12.1 Å². The fourth-order valence-electron chi connectivity index (χ4n) is 2.95. The second kappa shape index (κ2) is 7.51. The average Bonchev–Trinajstić information content (AvgIpc) is 2.52. The monoisotopic (exact) mass is 363 g/mol. The summed E-state index contributed by atoms with van der Waals surface area (Å²) in [6, 6.07) is 3.78. The number of ether oxygens (including phenoxy) is 2. The van der Waals surface area contributed by atoms with Crippen LogP contribution in [0.5, 0.6) is 0 Å². The SMILES string of the molecule is COC(=O)Cc1ccc(N2CCN(C(=O)OC(C)(C)C)C(C)(C)C2)nc1. The lowest BCUT2D eigenvalue weighted by atomic mass is 9.99. The van der Waals surface area contributed by atoms with Crippen LogP contribution in [0.4, 0.5) is 10.6 Å². The minimum atomic E-state index is -0.513. The topological polar surface area (TPSA) is 72.0 Å². The van der Waals surface area contributed by atoms with E-state index in [2.05, 4.69) is 14.6 Å². The summed E-state index contributed by atoms with van der Waals surface area (Å²) in [5.74, 6) is 0.544. The maximum Gasteiger partial charge on any atom is 0.410 e. The molecule has 1 aliphatic rings. The van der Waals surface area contributed by atoms with Gasteiger partial charge in [0.15, 0.2) is 0 Å². The predicted molar refractivity (Wildman–Crippen MR) is 99.2 cm³/mol. The van der Waals surface area contributed by atoms with E-state index in [-0.39, 0.29) is 24.0 Å². The first kappa shape index (κ1) is 20.0. The van der Waals surface area contributed by atoms with Crippen LogP contribution in [0.1, 0.15) is 40.2 Å². The van der Waals surface area contributed by atoms with E-state index in [1.165, 1.54) is 7.11 Å². The largest absolute Gasteiger partial charge is 0.469 e. The number of aromatic nitrogens is 1. The fraction of sp³-hybridized carbons (Fsp3) is 0.632. The fourth-order valence-corrected chi connectivity index (χ4v) is 2.95. The highest BCUT2D eigenvalue weighted by molar-refractivity contribution is 5.72. The molecule has 2 rings (SSSR count). The van der Waals surface area contributed by atoms with Gasteiger partial charge in [-0.25, -0.2) is 9.78 Å². The Balaban J connectivity index is 2.04. The van der Waals surface area contributed by atoms with Crippen molar-refractivity contribution in [2.45, 2.75) is 52.2 Å². The Kier molecular flexibility index (Phi) is 5.78. The summed E-state index contributed by atoms with van der Waals surface area (Å²) in [5.41, 5.74) is -0.0823. The van der Waals surface area contributed by atoms with Gasteiger partial charge in [-0.2, -0.15) is 0 Å². The lowest BCUT2D eigenvalue weighted by molar-refractivity contribution is -0.139. The van der Waals surface area contributed by atoms with E-state index in [0.717, 1.165) is 11.4 Å². The van der Waals surface area contributed by atoms with E-state index >= 15 is 0 Å². The lowest BCUT2D eigenvalue weighted by Crippen LogP contribution is -2.62. The summed E-state index contributed by atoms with van der Waals surface area (Å²) in [6.45, 7) is 11.5. The molecule has 144 valence electrons. The Labute approximate surface area is 155 Å². The number of hydrogen-bond donors (Lipinski definition) is 0. The van der Waals surface area contributed by atoms with Gasteiger partial charge in [-0.05, 0) is 46.2 Å². The minimum Gasteiger partial charge on any atom is -0.469 e. The molecule has 1 saturated heterocycles. The van der Waals surface area contributed by atoms with E-state index in [4.69, 9.17) is 4.74 Å². The number of piperazine rings is 1. The molecule has 0 bridgehead atoms. The van der Waals surface area contributed by atoms with Gasteiger partial charge in [-0.15, -0.1) is 0 Å². The van der Waals surface area contributed by atoms with Crippen LogP contribution in [-0.4, -0.2) is 59.8 Å². The van der Waals surface area contributed by atoms with Crippen molar-refractivity contribution in [1.82, 2.24) is 9.88 Å². The highest BCUT2D eigenvalue weighted by Crippen LogP contribution is 2.26. The van der Waals surface area contributed by atoms with Crippen LogP contribution >= 0.6 is 0 Å². The molecule has 1 amide bonds. The van der Waals surface area contributed by atoms with Crippen LogP contribution in [0.15, 0.2) is 18.3 Å². The number of methoxy groups -OCH3 is 1. The number of hydrogen-bond acceptors (Lipinski definition) is 6. The van der Waals surface area contributed by atoms with Crippen molar-refractivity contribution >= 4 is 17.9 Å². The first-order valence-corrected chi connectivity index (χ1v) is 8.79. The van der Waals surface area contributed by atoms with Gasteiger partial charge in [0.2, 0.25) is 0 Å². The molecule has 0 N–H and O–H groups in total. The average molecular weight is 363 g/mol. The zero-order valence-electron chi connectivity index (χ0n) is 16.5. The van der Waals surface area contributed by atoms with Gasteiger partial charge in [-0.3, -0.25) is 9.69 Å². The maximum atomic E-state index is 12.5. The molecule has 1 aromatic rings. The molecule has 0 aliphatic carbocycles. The van der Waals surface area contributed by atoms with E-state index in [1.807, 2.05) is 46.8 Å². The highest BCUT2D eigenvalue weighted by Gasteiger charge is 2.39. The Bertz CT molecular complexity index is 650.